The van der Waals surface area contributed by atoms with Crippen LogP contribution in [0.3, 0.4) is 0 Å². The van der Waals surface area contributed by atoms with Crippen LogP contribution in [-0.4, -0.2) is 14.3 Å². The summed E-state index contributed by atoms with van der Waals surface area (Å²) in [4.78, 5) is 35.0. The van der Waals surface area contributed by atoms with E-state index >= 15 is 0 Å². The van der Waals surface area contributed by atoms with Gasteiger partial charge in [-0.2, -0.15) is 0 Å². The van der Waals surface area contributed by atoms with Gasteiger partial charge in [-0.3, -0.25) is 4.79 Å². The molecule has 2 heterocycles. The Balaban J connectivity index is 2.00. The van der Waals surface area contributed by atoms with Crippen LogP contribution in [0.25, 0.3) is 16.7 Å². The normalized spacial score (nSPS) is 11.0. The molecule has 9 heteroatoms. The second-order valence-corrected chi connectivity index (χ2v) is 6.42. The quantitative estimate of drug-likeness (QED) is 0.480. The van der Waals surface area contributed by atoms with Gasteiger partial charge in [-0.15, -0.1) is 0 Å². The van der Waals surface area contributed by atoms with Crippen molar-refractivity contribution in [3.8, 4) is 5.69 Å². The van der Waals surface area contributed by atoms with Crippen LogP contribution in [0, 0.1) is 11.6 Å². The van der Waals surface area contributed by atoms with Crippen LogP contribution in [0.4, 0.5) is 8.78 Å². The van der Waals surface area contributed by atoms with Crippen LogP contribution in [0.2, 0.25) is 5.15 Å². The van der Waals surface area contributed by atoms with E-state index in [1.54, 1.807) is 30.3 Å². The zero-order chi connectivity index (χ0) is 20.5. The number of hydrogen-bond acceptors (Lipinski definition) is 4. The minimum atomic E-state index is -1.00. The molecule has 2 aromatic heterocycles. The van der Waals surface area contributed by atoms with E-state index in [0.29, 0.717) is 10.3 Å². The van der Waals surface area contributed by atoms with E-state index < -0.39 is 28.0 Å². The van der Waals surface area contributed by atoms with Gasteiger partial charge in [0, 0.05) is 0 Å². The van der Waals surface area contributed by atoms with Crippen molar-refractivity contribution in [1.29, 1.82) is 0 Å². The highest BCUT2D eigenvalue weighted by molar-refractivity contribution is 6.29. The Hall–Kier alpha value is -3.52. The molecule has 4 rings (SSSR count). The average Bonchev–Trinajstić information content (AvgIpc) is 2.72. The molecule has 0 aliphatic rings. The Morgan fingerprint density at radius 1 is 0.966 bits per heavy atom. The summed E-state index contributed by atoms with van der Waals surface area (Å²) in [6.07, 6.45) is 0. The van der Waals surface area contributed by atoms with E-state index in [2.05, 4.69) is 4.98 Å². The van der Waals surface area contributed by atoms with Crippen molar-refractivity contribution in [2.24, 2.45) is 0 Å². The maximum Gasteiger partial charge on any atom is 0.371 e. The van der Waals surface area contributed by atoms with E-state index in [1.165, 1.54) is 18.2 Å². The van der Waals surface area contributed by atoms with Gasteiger partial charge in [0.15, 0.2) is 16.6 Å². The minimum absolute atomic E-state index is 0.109. The SMILES string of the molecule is O=c1c2cc(F)c(Cl)nc2n(-c2ccccc2F)c(=O)n1OCc1ccccc1. The molecule has 0 aliphatic heterocycles. The zero-order valence-corrected chi connectivity index (χ0v) is 15.4. The van der Waals surface area contributed by atoms with Crippen LogP contribution < -0.4 is 16.1 Å². The molecule has 6 nitrogen and oxygen atoms in total. The number of halogens is 3. The molecule has 0 aliphatic carbocycles. The summed E-state index contributed by atoms with van der Waals surface area (Å²) in [6, 6.07) is 15.0. The lowest BCUT2D eigenvalue weighted by Gasteiger charge is -2.14. The largest absolute Gasteiger partial charge is 0.401 e. The van der Waals surface area contributed by atoms with E-state index in [4.69, 9.17) is 16.4 Å². The molecule has 29 heavy (non-hydrogen) atoms. The molecular weight excluding hydrogens is 404 g/mol. The molecule has 0 amide bonds. The van der Waals surface area contributed by atoms with E-state index in [-0.39, 0.29) is 23.3 Å². The molecule has 146 valence electrons. The van der Waals surface area contributed by atoms with Crippen LogP contribution in [-0.2, 0) is 6.61 Å². The van der Waals surface area contributed by atoms with Gasteiger partial charge >= 0.3 is 5.69 Å². The Kier molecular flexibility index (Phi) is 4.85. The van der Waals surface area contributed by atoms with Crippen molar-refractivity contribution in [3.05, 3.63) is 104 Å². The molecule has 0 bridgehead atoms. The Morgan fingerprint density at radius 2 is 1.66 bits per heavy atom. The molecule has 0 radical (unpaired) electrons. The number of benzene rings is 2. The predicted octanol–water partition coefficient (Wildman–Crippen LogP) is 3.11. The first-order valence-electron chi connectivity index (χ1n) is 8.43. The topological polar surface area (TPSA) is 66.1 Å². The molecule has 2 aromatic carbocycles. The molecule has 0 atom stereocenters. The van der Waals surface area contributed by atoms with Crippen LogP contribution in [0.1, 0.15) is 5.56 Å². The number of fused-ring (bicyclic) bond motifs is 1. The summed E-state index contributed by atoms with van der Waals surface area (Å²) in [5.74, 6) is -1.70. The first-order chi connectivity index (χ1) is 14.0. The molecule has 0 N–H and O–H groups in total. The van der Waals surface area contributed by atoms with Crippen molar-refractivity contribution in [3.63, 3.8) is 0 Å². The Bertz CT molecular complexity index is 1340. The highest BCUT2D eigenvalue weighted by Crippen LogP contribution is 2.19. The molecule has 4 aromatic rings. The fraction of sp³-hybridized carbons (Fsp3) is 0.0500. The first-order valence-corrected chi connectivity index (χ1v) is 8.81. The molecule has 0 unspecified atom stereocenters. The third-order valence-corrected chi connectivity index (χ3v) is 4.47. The van der Waals surface area contributed by atoms with Crippen LogP contribution in [0.5, 0.6) is 0 Å². The standard InChI is InChI=1S/C20H12ClF2N3O3/c21-17-15(23)10-13-18(24-17)25(16-9-5-4-8-14(16)22)20(28)26(19(13)27)29-11-12-6-2-1-3-7-12/h1-10H,11H2. The number of nitrogens with zero attached hydrogens (tertiary/aromatic N) is 3. The Labute approximate surface area is 167 Å². The summed E-state index contributed by atoms with van der Waals surface area (Å²) >= 11 is 5.74. The van der Waals surface area contributed by atoms with Crippen molar-refractivity contribution >= 4 is 22.6 Å². The van der Waals surface area contributed by atoms with Gasteiger partial charge in [0.2, 0.25) is 0 Å². The summed E-state index contributed by atoms with van der Waals surface area (Å²) in [7, 11) is 0. The van der Waals surface area contributed by atoms with E-state index in [0.717, 1.165) is 16.7 Å². The fourth-order valence-corrected chi connectivity index (χ4v) is 2.97. The van der Waals surface area contributed by atoms with Gasteiger partial charge in [0.1, 0.15) is 12.4 Å². The minimum Gasteiger partial charge on any atom is -0.401 e. The lowest BCUT2D eigenvalue weighted by atomic mass is 10.2. The fourth-order valence-electron chi connectivity index (χ4n) is 2.84. The van der Waals surface area contributed by atoms with Crippen LogP contribution >= 0.6 is 11.6 Å². The van der Waals surface area contributed by atoms with Crippen molar-refractivity contribution in [1.82, 2.24) is 14.3 Å². The van der Waals surface area contributed by atoms with E-state index in [1.807, 2.05) is 0 Å². The lowest BCUT2D eigenvalue weighted by Crippen LogP contribution is -2.43. The van der Waals surface area contributed by atoms with E-state index in [9.17, 15) is 18.4 Å². The summed E-state index contributed by atoms with van der Waals surface area (Å²) in [5, 5.41) is -0.841. The zero-order valence-electron chi connectivity index (χ0n) is 14.7. The number of para-hydroxylation sites is 1. The second kappa shape index (κ2) is 7.48. The van der Waals surface area contributed by atoms with Gasteiger partial charge in [0.25, 0.3) is 5.56 Å². The Morgan fingerprint density at radius 3 is 2.38 bits per heavy atom. The molecule has 0 saturated carbocycles. The second-order valence-electron chi connectivity index (χ2n) is 6.06. The first kappa shape index (κ1) is 18.8. The highest BCUT2D eigenvalue weighted by atomic mass is 35.5. The number of pyridine rings is 1. The van der Waals surface area contributed by atoms with Crippen molar-refractivity contribution in [2.75, 3.05) is 0 Å². The van der Waals surface area contributed by atoms with Gasteiger partial charge in [0.05, 0.1) is 11.1 Å². The maximum absolute atomic E-state index is 14.4. The summed E-state index contributed by atoms with van der Waals surface area (Å²) in [5.41, 5.74) is -1.71. The van der Waals surface area contributed by atoms with Gasteiger partial charge in [-0.25, -0.2) is 23.1 Å². The van der Waals surface area contributed by atoms with Gasteiger partial charge in [-0.1, -0.05) is 58.8 Å². The van der Waals surface area contributed by atoms with Crippen molar-refractivity contribution in [2.45, 2.75) is 6.61 Å². The lowest BCUT2D eigenvalue weighted by molar-refractivity contribution is 0.0788. The number of hydrogen-bond donors (Lipinski definition) is 0. The average molecular weight is 416 g/mol. The number of rotatable bonds is 4. The van der Waals surface area contributed by atoms with Gasteiger partial charge < -0.3 is 4.84 Å². The molecule has 0 fully saturated rings. The van der Waals surface area contributed by atoms with Gasteiger partial charge in [-0.05, 0) is 23.8 Å². The maximum atomic E-state index is 14.4. The monoisotopic (exact) mass is 415 g/mol. The van der Waals surface area contributed by atoms with Crippen molar-refractivity contribution < 1.29 is 13.6 Å². The molecular formula is C20H12ClF2N3O3. The molecule has 0 saturated heterocycles. The highest BCUT2D eigenvalue weighted by Gasteiger charge is 2.20. The third-order valence-electron chi connectivity index (χ3n) is 4.20. The predicted molar refractivity (Wildman–Crippen MR) is 103 cm³/mol. The number of aromatic nitrogens is 3. The smallest absolute Gasteiger partial charge is 0.371 e. The van der Waals surface area contributed by atoms with Crippen LogP contribution in [0.15, 0.2) is 70.3 Å². The third kappa shape index (κ3) is 3.38. The molecule has 0 spiro atoms. The summed E-state index contributed by atoms with van der Waals surface area (Å²) in [6.45, 7) is -0.109. The summed E-state index contributed by atoms with van der Waals surface area (Å²) < 4.78 is 29.7.